The molecular weight excluding hydrogens is 370 g/mol. The molecule has 0 saturated heterocycles. The Hall–Kier alpha value is -3.74. The Balaban J connectivity index is 1.72. The van der Waals surface area contributed by atoms with Crippen molar-refractivity contribution < 1.29 is 14.3 Å². The second-order valence-corrected chi connectivity index (χ2v) is 6.38. The smallest absolute Gasteiger partial charge is 0.337 e. The molecule has 1 amide bonds. The van der Waals surface area contributed by atoms with Gasteiger partial charge in [-0.1, -0.05) is 31.2 Å². The van der Waals surface area contributed by atoms with Crippen LogP contribution in [0.25, 0.3) is 11.3 Å². The van der Waals surface area contributed by atoms with Gasteiger partial charge in [0, 0.05) is 17.3 Å². The largest absolute Gasteiger partial charge is 0.465 e. The molecule has 0 spiro atoms. The molecule has 7 heteroatoms. The van der Waals surface area contributed by atoms with Crippen LogP contribution in [0, 0.1) is 0 Å². The zero-order chi connectivity index (χ0) is 20.8. The molecule has 0 aliphatic carbocycles. The van der Waals surface area contributed by atoms with Gasteiger partial charge in [-0.05, 0) is 42.3 Å². The highest BCUT2D eigenvalue weighted by Crippen LogP contribution is 2.16. The normalized spacial score (nSPS) is 10.4. The number of hydrogen-bond acceptors (Lipinski definition) is 5. The first kappa shape index (κ1) is 20.0. The van der Waals surface area contributed by atoms with E-state index >= 15 is 0 Å². The van der Waals surface area contributed by atoms with Crippen molar-refractivity contribution in [3.8, 4) is 11.3 Å². The molecule has 0 aliphatic heterocycles. The minimum Gasteiger partial charge on any atom is -0.465 e. The Morgan fingerprint density at radius 2 is 1.69 bits per heavy atom. The van der Waals surface area contributed by atoms with E-state index in [1.54, 1.807) is 30.3 Å². The zero-order valence-corrected chi connectivity index (χ0v) is 16.2. The van der Waals surface area contributed by atoms with Crippen molar-refractivity contribution in [2.24, 2.45) is 0 Å². The molecule has 1 N–H and O–H groups in total. The van der Waals surface area contributed by atoms with Gasteiger partial charge >= 0.3 is 5.97 Å². The van der Waals surface area contributed by atoms with E-state index in [-0.39, 0.29) is 12.1 Å². The maximum absolute atomic E-state index is 12.3. The van der Waals surface area contributed by atoms with Crippen molar-refractivity contribution in [1.82, 2.24) is 9.78 Å². The van der Waals surface area contributed by atoms with Crippen LogP contribution < -0.4 is 10.9 Å². The predicted molar refractivity (Wildman–Crippen MR) is 110 cm³/mol. The van der Waals surface area contributed by atoms with Gasteiger partial charge in [-0.15, -0.1) is 0 Å². The van der Waals surface area contributed by atoms with Crippen LogP contribution in [0.3, 0.4) is 0 Å². The average Bonchev–Trinajstić information content (AvgIpc) is 2.75. The van der Waals surface area contributed by atoms with E-state index in [0.29, 0.717) is 16.9 Å². The topological polar surface area (TPSA) is 90.3 Å². The summed E-state index contributed by atoms with van der Waals surface area (Å²) in [5.74, 6) is -0.855. The Morgan fingerprint density at radius 1 is 1.00 bits per heavy atom. The van der Waals surface area contributed by atoms with Gasteiger partial charge in [0.15, 0.2) is 0 Å². The zero-order valence-electron chi connectivity index (χ0n) is 16.2. The summed E-state index contributed by atoms with van der Waals surface area (Å²) in [5, 5.41) is 7.00. The molecular formula is C22H21N3O4. The van der Waals surface area contributed by atoms with Crippen molar-refractivity contribution in [3.63, 3.8) is 0 Å². The summed E-state index contributed by atoms with van der Waals surface area (Å²) in [6.45, 7) is 1.85. The number of anilines is 1. The summed E-state index contributed by atoms with van der Waals surface area (Å²) in [6, 6.07) is 17.2. The van der Waals surface area contributed by atoms with E-state index in [1.807, 2.05) is 24.3 Å². The first-order chi connectivity index (χ1) is 14.0. The van der Waals surface area contributed by atoms with Crippen LogP contribution in [0.15, 0.2) is 65.5 Å². The van der Waals surface area contributed by atoms with E-state index in [1.165, 1.54) is 18.7 Å². The van der Waals surface area contributed by atoms with Crippen LogP contribution in [-0.2, 0) is 22.5 Å². The highest BCUT2D eigenvalue weighted by molar-refractivity contribution is 5.92. The monoisotopic (exact) mass is 391 g/mol. The van der Waals surface area contributed by atoms with Gasteiger partial charge in [0.05, 0.1) is 18.4 Å². The van der Waals surface area contributed by atoms with Gasteiger partial charge in [-0.25, -0.2) is 9.48 Å². The number of nitrogens with one attached hydrogen (secondary N) is 1. The van der Waals surface area contributed by atoms with Crippen LogP contribution in [0.5, 0.6) is 0 Å². The fourth-order valence-electron chi connectivity index (χ4n) is 2.77. The summed E-state index contributed by atoms with van der Waals surface area (Å²) >= 11 is 0. The van der Waals surface area contributed by atoms with Gasteiger partial charge in [-0.3, -0.25) is 9.59 Å². The van der Waals surface area contributed by atoms with E-state index in [9.17, 15) is 14.4 Å². The lowest BCUT2D eigenvalue weighted by molar-refractivity contribution is -0.117. The number of methoxy groups -OCH3 is 1. The van der Waals surface area contributed by atoms with Gasteiger partial charge < -0.3 is 10.1 Å². The lowest BCUT2D eigenvalue weighted by Gasteiger charge is -2.09. The minimum absolute atomic E-state index is 0.224. The average molecular weight is 391 g/mol. The van der Waals surface area contributed by atoms with Crippen LogP contribution in [0.2, 0.25) is 0 Å². The second kappa shape index (κ2) is 8.97. The minimum atomic E-state index is -0.456. The van der Waals surface area contributed by atoms with Crippen molar-refractivity contribution in [1.29, 1.82) is 0 Å². The maximum atomic E-state index is 12.3. The summed E-state index contributed by atoms with van der Waals surface area (Å²) in [6.07, 6.45) is 0.938. The number of aromatic nitrogens is 2. The fraction of sp³-hybridized carbons (Fsp3) is 0.182. The molecule has 7 nitrogen and oxygen atoms in total. The van der Waals surface area contributed by atoms with Crippen LogP contribution in [0.1, 0.15) is 22.8 Å². The standard InChI is InChI=1S/C22H21N3O4/c1-3-15-4-6-16(7-5-15)19-12-13-21(27)25(24-19)14-20(26)23-18-10-8-17(9-11-18)22(28)29-2/h4-13H,3,14H2,1-2H3,(H,23,26). The number of hydrogen-bond donors (Lipinski definition) is 1. The molecule has 2 aromatic carbocycles. The van der Waals surface area contributed by atoms with E-state index in [4.69, 9.17) is 0 Å². The maximum Gasteiger partial charge on any atom is 0.337 e. The number of amides is 1. The second-order valence-electron chi connectivity index (χ2n) is 6.38. The summed E-state index contributed by atoms with van der Waals surface area (Å²) in [4.78, 5) is 35.9. The van der Waals surface area contributed by atoms with Crippen LogP contribution in [0.4, 0.5) is 5.69 Å². The summed E-state index contributed by atoms with van der Waals surface area (Å²) in [7, 11) is 1.30. The highest BCUT2D eigenvalue weighted by Gasteiger charge is 2.10. The third-order valence-corrected chi connectivity index (χ3v) is 4.41. The summed E-state index contributed by atoms with van der Waals surface area (Å²) < 4.78 is 5.76. The van der Waals surface area contributed by atoms with Crippen molar-refractivity contribution in [2.45, 2.75) is 19.9 Å². The molecule has 148 valence electrons. The van der Waals surface area contributed by atoms with Crippen molar-refractivity contribution in [2.75, 3.05) is 12.4 Å². The molecule has 3 aromatic rings. The molecule has 1 aromatic heterocycles. The first-order valence-electron chi connectivity index (χ1n) is 9.16. The molecule has 3 rings (SSSR count). The fourth-order valence-corrected chi connectivity index (χ4v) is 2.77. The molecule has 0 fully saturated rings. The number of aryl methyl sites for hydroxylation is 1. The van der Waals surface area contributed by atoms with Gasteiger partial charge in [0.25, 0.3) is 5.56 Å². The third kappa shape index (κ3) is 4.95. The van der Waals surface area contributed by atoms with Gasteiger partial charge in [0.1, 0.15) is 6.54 Å². The Kier molecular flexibility index (Phi) is 6.19. The van der Waals surface area contributed by atoms with Crippen molar-refractivity contribution >= 4 is 17.6 Å². The SMILES string of the molecule is CCc1ccc(-c2ccc(=O)n(CC(=O)Nc3ccc(C(=O)OC)cc3)n2)cc1. The molecule has 0 unspecified atom stereocenters. The van der Waals surface area contributed by atoms with E-state index in [0.717, 1.165) is 16.7 Å². The lowest BCUT2D eigenvalue weighted by atomic mass is 10.1. The lowest BCUT2D eigenvalue weighted by Crippen LogP contribution is -2.29. The molecule has 0 saturated carbocycles. The third-order valence-electron chi connectivity index (χ3n) is 4.41. The number of benzene rings is 2. The number of esters is 1. The van der Waals surface area contributed by atoms with Crippen LogP contribution in [-0.4, -0.2) is 28.8 Å². The molecule has 0 bridgehead atoms. The van der Waals surface area contributed by atoms with E-state index < -0.39 is 11.9 Å². The number of nitrogens with zero attached hydrogens (tertiary/aromatic N) is 2. The van der Waals surface area contributed by atoms with E-state index in [2.05, 4.69) is 22.1 Å². The number of carbonyl (C=O) groups excluding carboxylic acids is 2. The first-order valence-corrected chi connectivity index (χ1v) is 9.16. The van der Waals surface area contributed by atoms with Crippen LogP contribution >= 0.6 is 0 Å². The van der Waals surface area contributed by atoms with Crippen molar-refractivity contribution in [3.05, 3.63) is 82.1 Å². The molecule has 0 atom stereocenters. The molecule has 0 aliphatic rings. The molecule has 1 heterocycles. The Labute approximate surface area is 168 Å². The Bertz CT molecular complexity index is 1070. The van der Waals surface area contributed by atoms with Gasteiger partial charge in [-0.2, -0.15) is 5.10 Å². The summed E-state index contributed by atoms with van der Waals surface area (Å²) in [5.41, 5.74) is 3.21. The number of carbonyl (C=O) groups is 2. The van der Waals surface area contributed by atoms with Gasteiger partial charge in [0.2, 0.25) is 5.91 Å². The number of ether oxygens (including phenoxy) is 1. The number of rotatable bonds is 6. The molecule has 0 radical (unpaired) electrons. The molecule has 29 heavy (non-hydrogen) atoms. The Morgan fingerprint density at radius 3 is 2.31 bits per heavy atom. The quantitative estimate of drug-likeness (QED) is 0.653. The predicted octanol–water partition coefficient (Wildman–Crippen LogP) is 2.90. The highest BCUT2D eigenvalue weighted by atomic mass is 16.5.